The molecule has 96 valence electrons. The third kappa shape index (κ3) is 3.34. The zero-order valence-corrected chi connectivity index (χ0v) is 10.5. The first kappa shape index (κ1) is 12.6. The van der Waals surface area contributed by atoms with E-state index in [0.717, 1.165) is 6.61 Å². The SMILES string of the molecule is CC=C(C)C(=O)Oc1ccccc1OCC1CO1. The Hall–Kier alpha value is -1.81. The second-order valence-corrected chi connectivity index (χ2v) is 4.07. The van der Waals surface area contributed by atoms with Crippen molar-refractivity contribution in [1.82, 2.24) is 0 Å². The number of hydrogen-bond donors (Lipinski definition) is 0. The van der Waals surface area contributed by atoms with Crippen LogP contribution in [-0.4, -0.2) is 25.3 Å². The van der Waals surface area contributed by atoms with Crippen molar-refractivity contribution in [2.45, 2.75) is 20.0 Å². The summed E-state index contributed by atoms with van der Waals surface area (Å²) in [4.78, 5) is 11.7. The van der Waals surface area contributed by atoms with Gasteiger partial charge in [0, 0.05) is 5.57 Å². The van der Waals surface area contributed by atoms with Crippen LogP contribution in [0.2, 0.25) is 0 Å². The molecule has 1 aromatic carbocycles. The quantitative estimate of drug-likeness (QED) is 0.347. The standard InChI is InChI=1S/C14H16O4/c1-3-10(2)14(15)18-13-7-5-4-6-12(13)17-9-11-8-16-11/h3-7,11H,8-9H2,1-2H3. The summed E-state index contributed by atoms with van der Waals surface area (Å²) < 4.78 is 15.9. The summed E-state index contributed by atoms with van der Waals surface area (Å²) in [6.07, 6.45) is 1.88. The second kappa shape index (κ2) is 5.69. The van der Waals surface area contributed by atoms with E-state index in [0.29, 0.717) is 23.7 Å². The minimum absolute atomic E-state index is 0.172. The lowest BCUT2D eigenvalue weighted by Gasteiger charge is -2.10. The zero-order chi connectivity index (χ0) is 13.0. The van der Waals surface area contributed by atoms with E-state index in [4.69, 9.17) is 14.2 Å². The summed E-state index contributed by atoms with van der Waals surface area (Å²) in [6.45, 7) is 4.73. The number of carbonyl (C=O) groups is 1. The molecule has 18 heavy (non-hydrogen) atoms. The molecule has 0 aromatic heterocycles. The lowest BCUT2D eigenvalue weighted by atomic mass is 10.3. The molecule has 0 aliphatic carbocycles. The van der Waals surface area contributed by atoms with Gasteiger partial charge in [-0.3, -0.25) is 0 Å². The number of benzene rings is 1. The van der Waals surface area contributed by atoms with Crippen LogP contribution in [0.4, 0.5) is 0 Å². The summed E-state index contributed by atoms with van der Waals surface area (Å²) >= 11 is 0. The van der Waals surface area contributed by atoms with Crippen LogP contribution in [0, 0.1) is 0 Å². The van der Waals surface area contributed by atoms with Crippen molar-refractivity contribution < 1.29 is 19.0 Å². The maximum Gasteiger partial charge on any atom is 0.338 e. The van der Waals surface area contributed by atoms with Gasteiger partial charge in [0.25, 0.3) is 0 Å². The normalized spacial score (nSPS) is 18.3. The highest BCUT2D eigenvalue weighted by Gasteiger charge is 2.23. The highest BCUT2D eigenvalue weighted by molar-refractivity contribution is 5.89. The first-order valence-electron chi connectivity index (χ1n) is 5.89. The summed E-state index contributed by atoms with van der Waals surface area (Å²) in [6, 6.07) is 7.12. The Labute approximate surface area is 106 Å². The van der Waals surface area contributed by atoms with E-state index in [1.165, 1.54) is 0 Å². The van der Waals surface area contributed by atoms with Crippen LogP contribution in [0.3, 0.4) is 0 Å². The molecule has 0 saturated carbocycles. The first-order valence-corrected chi connectivity index (χ1v) is 5.89. The molecule has 1 aliphatic rings. The van der Waals surface area contributed by atoms with Gasteiger partial charge in [-0.2, -0.15) is 0 Å². The third-order valence-corrected chi connectivity index (χ3v) is 2.63. The summed E-state index contributed by atoms with van der Waals surface area (Å²) in [5, 5.41) is 0. The minimum atomic E-state index is -0.365. The van der Waals surface area contributed by atoms with Gasteiger partial charge in [0.05, 0.1) is 6.61 Å². The number of epoxide rings is 1. The van der Waals surface area contributed by atoms with Crippen LogP contribution in [0.25, 0.3) is 0 Å². The maximum atomic E-state index is 11.7. The molecular weight excluding hydrogens is 232 g/mol. The van der Waals surface area contributed by atoms with Crippen LogP contribution in [0.1, 0.15) is 13.8 Å². The van der Waals surface area contributed by atoms with Gasteiger partial charge in [-0.1, -0.05) is 18.2 Å². The van der Waals surface area contributed by atoms with Crippen LogP contribution in [0.15, 0.2) is 35.9 Å². The molecule has 1 atom stereocenters. The predicted octanol–water partition coefficient (Wildman–Crippen LogP) is 2.34. The topological polar surface area (TPSA) is 48.1 Å². The molecule has 0 amide bonds. The Morgan fingerprint density at radius 3 is 2.72 bits per heavy atom. The monoisotopic (exact) mass is 248 g/mol. The largest absolute Gasteiger partial charge is 0.487 e. The Morgan fingerprint density at radius 2 is 2.11 bits per heavy atom. The van der Waals surface area contributed by atoms with E-state index >= 15 is 0 Å². The van der Waals surface area contributed by atoms with E-state index in [9.17, 15) is 4.79 Å². The van der Waals surface area contributed by atoms with Gasteiger partial charge in [0.2, 0.25) is 0 Å². The predicted molar refractivity (Wildman–Crippen MR) is 66.7 cm³/mol. The van der Waals surface area contributed by atoms with Crippen molar-refractivity contribution in [2.24, 2.45) is 0 Å². The number of esters is 1. The molecule has 0 N–H and O–H groups in total. The third-order valence-electron chi connectivity index (χ3n) is 2.63. The van der Waals surface area contributed by atoms with Crippen LogP contribution < -0.4 is 9.47 Å². The number of hydrogen-bond acceptors (Lipinski definition) is 4. The molecule has 4 nitrogen and oxygen atoms in total. The van der Waals surface area contributed by atoms with Crippen LogP contribution in [0.5, 0.6) is 11.5 Å². The van der Waals surface area contributed by atoms with Crippen molar-refractivity contribution in [3.8, 4) is 11.5 Å². The molecule has 0 bridgehead atoms. The summed E-state index contributed by atoms with van der Waals surface area (Å²) in [5.41, 5.74) is 0.565. The fourth-order valence-electron chi connectivity index (χ4n) is 1.30. The summed E-state index contributed by atoms with van der Waals surface area (Å²) in [5.74, 6) is 0.630. The van der Waals surface area contributed by atoms with Crippen molar-refractivity contribution in [2.75, 3.05) is 13.2 Å². The average molecular weight is 248 g/mol. The smallest absolute Gasteiger partial charge is 0.338 e. The second-order valence-electron chi connectivity index (χ2n) is 4.07. The first-order chi connectivity index (χ1) is 8.70. The Bertz CT molecular complexity index is 461. The van der Waals surface area contributed by atoms with Gasteiger partial charge in [0.15, 0.2) is 11.5 Å². The number of carbonyl (C=O) groups excluding carboxylic acids is 1. The van der Waals surface area contributed by atoms with E-state index in [1.807, 2.05) is 6.07 Å². The minimum Gasteiger partial charge on any atom is -0.487 e. The highest BCUT2D eigenvalue weighted by atomic mass is 16.6. The van der Waals surface area contributed by atoms with Gasteiger partial charge >= 0.3 is 5.97 Å². The Morgan fingerprint density at radius 1 is 1.44 bits per heavy atom. The van der Waals surface area contributed by atoms with Crippen molar-refractivity contribution in [3.63, 3.8) is 0 Å². The van der Waals surface area contributed by atoms with Crippen LogP contribution in [-0.2, 0) is 9.53 Å². The Balaban J connectivity index is 2.03. The van der Waals surface area contributed by atoms with Gasteiger partial charge in [0.1, 0.15) is 12.7 Å². The van der Waals surface area contributed by atoms with Gasteiger partial charge in [-0.15, -0.1) is 0 Å². The number of ether oxygens (including phenoxy) is 3. The molecule has 1 aromatic rings. The molecule has 0 radical (unpaired) electrons. The van der Waals surface area contributed by atoms with Gasteiger partial charge < -0.3 is 14.2 Å². The molecule has 1 heterocycles. The maximum absolute atomic E-state index is 11.7. The number of para-hydroxylation sites is 2. The number of allylic oxidation sites excluding steroid dienone is 1. The number of rotatable bonds is 5. The molecule has 0 spiro atoms. The highest BCUT2D eigenvalue weighted by Crippen LogP contribution is 2.28. The fraction of sp³-hybridized carbons (Fsp3) is 0.357. The van der Waals surface area contributed by atoms with Gasteiger partial charge in [-0.25, -0.2) is 4.79 Å². The molecule has 1 aliphatic heterocycles. The zero-order valence-electron chi connectivity index (χ0n) is 10.5. The molecule has 4 heteroatoms. The molecule has 1 fully saturated rings. The van der Waals surface area contributed by atoms with E-state index in [2.05, 4.69) is 0 Å². The lowest BCUT2D eigenvalue weighted by molar-refractivity contribution is -0.130. The van der Waals surface area contributed by atoms with E-state index in [-0.39, 0.29) is 12.1 Å². The average Bonchev–Trinajstić information content (AvgIpc) is 3.20. The summed E-state index contributed by atoms with van der Waals surface area (Å²) in [7, 11) is 0. The van der Waals surface area contributed by atoms with E-state index < -0.39 is 0 Å². The fourth-order valence-corrected chi connectivity index (χ4v) is 1.30. The van der Waals surface area contributed by atoms with Gasteiger partial charge in [-0.05, 0) is 26.0 Å². The van der Waals surface area contributed by atoms with Crippen molar-refractivity contribution in [3.05, 3.63) is 35.9 Å². The molecule has 2 rings (SSSR count). The molecule has 1 saturated heterocycles. The molecular formula is C14H16O4. The van der Waals surface area contributed by atoms with E-state index in [1.54, 1.807) is 38.1 Å². The Kier molecular flexibility index (Phi) is 3.99. The molecule has 1 unspecified atom stereocenters. The lowest BCUT2D eigenvalue weighted by Crippen LogP contribution is -2.11. The van der Waals surface area contributed by atoms with Crippen molar-refractivity contribution in [1.29, 1.82) is 0 Å². The van der Waals surface area contributed by atoms with Crippen molar-refractivity contribution >= 4 is 5.97 Å². The van der Waals surface area contributed by atoms with Crippen LogP contribution >= 0.6 is 0 Å².